The first kappa shape index (κ1) is 20.3. The van der Waals surface area contributed by atoms with Gasteiger partial charge in [0.25, 0.3) is 0 Å². The highest BCUT2D eigenvalue weighted by Crippen LogP contribution is 2.23. The summed E-state index contributed by atoms with van der Waals surface area (Å²) < 4.78 is 16.3. The molecule has 2 rings (SSSR count). The highest BCUT2D eigenvalue weighted by atomic mass is 16.5. The van der Waals surface area contributed by atoms with Gasteiger partial charge in [0.15, 0.2) is 0 Å². The molecule has 0 saturated carbocycles. The van der Waals surface area contributed by atoms with Crippen molar-refractivity contribution in [1.82, 2.24) is 0 Å². The van der Waals surface area contributed by atoms with E-state index in [-0.39, 0.29) is 12.5 Å². The average Bonchev–Trinajstić information content (AvgIpc) is 2.70. The van der Waals surface area contributed by atoms with Crippen molar-refractivity contribution in [2.75, 3.05) is 43.6 Å². The molecule has 1 amide bonds. The molecule has 0 aliphatic carbocycles. The largest absolute Gasteiger partial charge is 0.491 e. The third-order valence-corrected chi connectivity index (χ3v) is 3.53. The van der Waals surface area contributed by atoms with Crippen molar-refractivity contribution in [1.29, 1.82) is 0 Å². The summed E-state index contributed by atoms with van der Waals surface area (Å²) in [7, 11) is 0. The van der Waals surface area contributed by atoms with Crippen molar-refractivity contribution in [3.05, 3.63) is 61.2 Å². The number of carbonyl (C=O) groups is 1. The van der Waals surface area contributed by atoms with Gasteiger partial charge in [0.05, 0.1) is 18.8 Å². The summed E-state index contributed by atoms with van der Waals surface area (Å²) >= 11 is 0. The monoisotopic (exact) mass is 370 g/mol. The Bertz CT molecular complexity index is 716. The third-order valence-electron chi connectivity index (χ3n) is 3.53. The van der Waals surface area contributed by atoms with Crippen molar-refractivity contribution >= 4 is 17.3 Å². The molecular formula is C21H26N2O4. The van der Waals surface area contributed by atoms with Crippen molar-refractivity contribution in [2.45, 2.75) is 6.92 Å². The fraction of sp³-hybridized carbons (Fsp3) is 0.286. The molecule has 0 saturated heterocycles. The Balaban J connectivity index is 1.79. The molecule has 0 atom stereocenters. The van der Waals surface area contributed by atoms with Gasteiger partial charge in [0.1, 0.15) is 24.7 Å². The van der Waals surface area contributed by atoms with Crippen LogP contribution >= 0.6 is 0 Å². The van der Waals surface area contributed by atoms with E-state index >= 15 is 0 Å². The number of amides is 1. The number of para-hydroxylation sites is 2. The van der Waals surface area contributed by atoms with Crippen LogP contribution in [-0.2, 0) is 9.53 Å². The van der Waals surface area contributed by atoms with E-state index in [1.165, 1.54) is 0 Å². The van der Waals surface area contributed by atoms with Gasteiger partial charge in [0, 0.05) is 12.3 Å². The number of hydrogen-bond acceptors (Lipinski definition) is 5. The van der Waals surface area contributed by atoms with E-state index in [0.29, 0.717) is 37.9 Å². The molecule has 2 N–H and O–H groups in total. The molecule has 0 aliphatic rings. The molecule has 27 heavy (non-hydrogen) atoms. The van der Waals surface area contributed by atoms with Crippen LogP contribution in [0.25, 0.3) is 0 Å². The summed E-state index contributed by atoms with van der Waals surface area (Å²) in [6.45, 7) is 7.84. The van der Waals surface area contributed by atoms with E-state index in [9.17, 15) is 4.79 Å². The first-order valence-electron chi connectivity index (χ1n) is 8.90. The number of nitrogens with one attached hydrogen (secondary N) is 2. The molecule has 0 spiro atoms. The second-order valence-electron chi connectivity index (χ2n) is 5.57. The van der Waals surface area contributed by atoms with Gasteiger partial charge in [-0.25, -0.2) is 0 Å². The van der Waals surface area contributed by atoms with Gasteiger partial charge in [-0.1, -0.05) is 24.8 Å². The Hall–Kier alpha value is -2.99. The molecule has 0 bridgehead atoms. The Morgan fingerprint density at radius 1 is 1.07 bits per heavy atom. The first-order chi connectivity index (χ1) is 13.2. The molecule has 0 unspecified atom stereocenters. The number of hydrogen-bond donors (Lipinski definition) is 2. The van der Waals surface area contributed by atoms with Crippen LogP contribution in [0.4, 0.5) is 11.4 Å². The normalized spacial score (nSPS) is 10.1. The van der Waals surface area contributed by atoms with Gasteiger partial charge in [-0.3, -0.25) is 4.79 Å². The van der Waals surface area contributed by atoms with Crippen LogP contribution in [0, 0.1) is 0 Å². The summed E-state index contributed by atoms with van der Waals surface area (Å²) in [6.07, 6.45) is 1.66. The molecule has 2 aromatic carbocycles. The van der Waals surface area contributed by atoms with Crippen molar-refractivity contribution in [3.63, 3.8) is 0 Å². The summed E-state index contributed by atoms with van der Waals surface area (Å²) in [5.41, 5.74) is 1.46. The average molecular weight is 370 g/mol. The fourth-order valence-corrected chi connectivity index (χ4v) is 2.25. The summed E-state index contributed by atoms with van der Waals surface area (Å²) in [5.74, 6) is 1.21. The maximum Gasteiger partial charge on any atom is 0.243 e. The lowest BCUT2D eigenvalue weighted by Gasteiger charge is -2.12. The van der Waals surface area contributed by atoms with E-state index in [1.807, 2.05) is 43.3 Å². The molecule has 144 valence electrons. The summed E-state index contributed by atoms with van der Waals surface area (Å²) in [5, 5.41) is 5.92. The number of carbonyl (C=O) groups excluding carboxylic acids is 1. The molecule has 6 heteroatoms. The van der Waals surface area contributed by atoms with Gasteiger partial charge in [-0.2, -0.15) is 0 Å². The molecule has 0 fully saturated rings. The predicted octanol–water partition coefficient (Wildman–Crippen LogP) is 3.72. The second-order valence-corrected chi connectivity index (χ2v) is 5.57. The van der Waals surface area contributed by atoms with E-state index in [1.54, 1.807) is 18.2 Å². The zero-order chi connectivity index (χ0) is 19.3. The molecular weight excluding hydrogens is 344 g/mol. The van der Waals surface area contributed by atoms with Gasteiger partial charge < -0.3 is 24.8 Å². The van der Waals surface area contributed by atoms with E-state index in [2.05, 4.69) is 17.2 Å². The molecule has 0 radical (unpaired) electrons. The minimum Gasteiger partial charge on any atom is -0.491 e. The number of benzene rings is 2. The Kier molecular flexibility index (Phi) is 8.73. The lowest BCUT2D eigenvalue weighted by molar-refractivity contribution is -0.114. The maximum atomic E-state index is 12.2. The minimum atomic E-state index is -0.165. The van der Waals surface area contributed by atoms with E-state index in [4.69, 9.17) is 14.2 Å². The highest BCUT2D eigenvalue weighted by Gasteiger charge is 2.07. The number of ether oxygens (including phenoxy) is 3. The molecule has 0 heterocycles. The van der Waals surface area contributed by atoms with Gasteiger partial charge in [-0.15, -0.1) is 0 Å². The van der Waals surface area contributed by atoms with E-state index in [0.717, 1.165) is 11.4 Å². The van der Waals surface area contributed by atoms with Crippen LogP contribution in [-0.4, -0.2) is 38.9 Å². The SMILES string of the molecule is C=CCOc1ccccc1NC(=O)CNc1ccc(OCCOCC)cc1. The van der Waals surface area contributed by atoms with Crippen LogP contribution in [0.5, 0.6) is 11.5 Å². The third kappa shape index (κ3) is 7.42. The van der Waals surface area contributed by atoms with Gasteiger partial charge in [0.2, 0.25) is 5.91 Å². The van der Waals surface area contributed by atoms with Crippen LogP contribution in [0.15, 0.2) is 61.2 Å². The Morgan fingerprint density at radius 2 is 1.85 bits per heavy atom. The summed E-state index contributed by atoms with van der Waals surface area (Å²) in [4.78, 5) is 12.2. The Labute approximate surface area is 160 Å². The molecule has 0 aromatic heterocycles. The lowest BCUT2D eigenvalue weighted by atomic mass is 10.3. The van der Waals surface area contributed by atoms with Crippen molar-refractivity contribution in [3.8, 4) is 11.5 Å². The van der Waals surface area contributed by atoms with Crippen molar-refractivity contribution in [2.24, 2.45) is 0 Å². The number of rotatable bonds is 12. The summed E-state index contributed by atoms with van der Waals surface area (Å²) in [6, 6.07) is 14.7. The van der Waals surface area contributed by atoms with Crippen molar-refractivity contribution < 1.29 is 19.0 Å². The zero-order valence-corrected chi connectivity index (χ0v) is 15.6. The second kappa shape index (κ2) is 11.6. The first-order valence-corrected chi connectivity index (χ1v) is 8.90. The Morgan fingerprint density at radius 3 is 2.59 bits per heavy atom. The molecule has 6 nitrogen and oxygen atoms in total. The maximum absolute atomic E-state index is 12.2. The van der Waals surface area contributed by atoms with Crippen LogP contribution in [0.3, 0.4) is 0 Å². The standard InChI is InChI=1S/C21H26N2O4/c1-3-13-27-20-8-6-5-7-19(20)23-21(24)16-22-17-9-11-18(12-10-17)26-15-14-25-4-2/h3,5-12,22H,1,4,13-16H2,2H3,(H,23,24). The van der Waals surface area contributed by atoms with Gasteiger partial charge in [-0.05, 0) is 43.3 Å². The molecule has 2 aromatic rings. The van der Waals surface area contributed by atoms with Gasteiger partial charge >= 0.3 is 0 Å². The van der Waals surface area contributed by atoms with Crippen LogP contribution in [0.1, 0.15) is 6.92 Å². The van der Waals surface area contributed by atoms with E-state index < -0.39 is 0 Å². The fourth-order valence-electron chi connectivity index (χ4n) is 2.25. The highest BCUT2D eigenvalue weighted by molar-refractivity contribution is 5.95. The quantitative estimate of drug-likeness (QED) is 0.440. The van der Waals surface area contributed by atoms with Crippen LogP contribution in [0.2, 0.25) is 0 Å². The lowest BCUT2D eigenvalue weighted by Crippen LogP contribution is -2.22. The zero-order valence-electron chi connectivity index (χ0n) is 15.6. The predicted molar refractivity (Wildman–Crippen MR) is 108 cm³/mol. The number of anilines is 2. The smallest absolute Gasteiger partial charge is 0.243 e. The molecule has 0 aliphatic heterocycles. The minimum absolute atomic E-state index is 0.139. The van der Waals surface area contributed by atoms with Crippen LogP contribution < -0.4 is 20.1 Å². The topological polar surface area (TPSA) is 68.8 Å².